The highest BCUT2D eigenvalue weighted by molar-refractivity contribution is 6.31. The average molecular weight is 454 g/mol. The predicted octanol–water partition coefficient (Wildman–Crippen LogP) is 5.95. The molecule has 0 bridgehead atoms. The van der Waals surface area contributed by atoms with E-state index >= 15 is 0 Å². The Morgan fingerprint density at radius 2 is 1.78 bits per heavy atom. The molecule has 0 saturated heterocycles. The lowest BCUT2D eigenvalue weighted by Crippen LogP contribution is -2.41. The minimum atomic E-state index is -0.295. The van der Waals surface area contributed by atoms with Crippen molar-refractivity contribution in [2.24, 2.45) is 0 Å². The molecule has 5 nitrogen and oxygen atoms in total. The number of rotatable bonds is 9. The van der Waals surface area contributed by atoms with E-state index in [0.29, 0.717) is 47.7 Å². The summed E-state index contributed by atoms with van der Waals surface area (Å²) >= 11 is 6.19. The van der Waals surface area contributed by atoms with Crippen LogP contribution in [0.5, 0.6) is 0 Å². The van der Waals surface area contributed by atoms with Gasteiger partial charge in [0.1, 0.15) is 5.82 Å². The Bertz CT molecular complexity index is 1130. The molecule has 0 fully saturated rings. The van der Waals surface area contributed by atoms with E-state index in [1.807, 2.05) is 56.0 Å². The van der Waals surface area contributed by atoms with Crippen molar-refractivity contribution in [3.8, 4) is 0 Å². The molecule has 2 aromatic carbocycles. The number of amides is 1. The zero-order chi connectivity index (χ0) is 23.3. The zero-order valence-corrected chi connectivity index (χ0v) is 20.1. The van der Waals surface area contributed by atoms with Crippen molar-refractivity contribution in [2.75, 3.05) is 6.54 Å². The lowest BCUT2D eigenvalue weighted by atomic mass is 9.94. The van der Waals surface area contributed by atoms with Crippen LogP contribution in [0.15, 0.2) is 53.3 Å². The first-order valence-electron chi connectivity index (χ1n) is 11.5. The summed E-state index contributed by atoms with van der Waals surface area (Å²) in [5, 5.41) is 1.08. The Balaban J connectivity index is 2.14. The summed E-state index contributed by atoms with van der Waals surface area (Å²) in [7, 11) is 0. The maximum absolute atomic E-state index is 13.8. The van der Waals surface area contributed by atoms with Gasteiger partial charge in [0.15, 0.2) is 0 Å². The topological polar surface area (TPSA) is 55.2 Å². The van der Waals surface area contributed by atoms with Crippen LogP contribution in [0.2, 0.25) is 5.02 Å². The molecular formula is C26H32ClN3O2. The fourth-order valence-electron chi connectivity index (χ4n) is 4.41. The van der Waals surface area contributed by atoms with E-state index < -0.39 is 0 Å². The first kappa shape index (κ1) is 24.0. The zero-order valence-electron chi connectivity index (χ0n) is 19.3. The van der Waals surface area contributed by atoms with Gasteiger partial charge in [-0.25, -0.2) is 4.98 Å². The number of halogens is 1. The molecule has 170 valence electrons. The first-order valence-corrected chi connectivity index (χ1v) is 11.9. The Morgan fingerprint density at radius 3 is 2.38 bits per heavy atom. The SMILES string of the molecule is CCCN(C(=O)C(CC)c1ccccc1)C(CC)c1nc2cc(Cl)ccc2c(=O)n1CC. The Kier molecular flexibility index (Phi) is 8.08. The molecule has 0 N–H and O–H groups in total. The van der Waals surface area contributed by atoms with Gasteiger partial charge in [-0.15, -0.1) is 0 Å². The molecule has 32 heavy (non-hydrogen) atoms. The highest BCUT2D eigenvalue weighted by Crippen LogP contribution is 2.30. The molecule has 1 aromatic heterocycles. The summed E-state index contributed by atoms with van der Waals surface area (Å²) in [6, 6.07) is 14.8. The summed E-state index contributed by atoms with van der Waals surface area (Å²) in [5.41, 5.74) is 1.49. The number of benzene rings is 2. The van der Waals surface area contributed by atoms with E-state index in [1.54, 1.807) is 22.8 Å². The second-order valence-corrected chi connectivity index (χ2v) is 8.44. The molecule has 6 heteroatoms. The molecule has 0 radical (unpaired) electrons. The monoisotopic (exact) mass is 453 g/mol. The van der Waals surface area contributed by atoms with E-state index in [0.717, 1.165) is 12.0 Å². The van der Waals surface area contributed by atoms with Crippen LogP contribution >= 0.6 is 11.6 Å². The van der Waals surface area contributed by atoms with Gasteiger partial charge >= 0.3 is 0 Å². The van der Waals surface area contributed by atoms with Gasteiger partial charge in [-0.1, -0.05) is 62.7 Å². The molecule has 0 aliphatic rings. The molecule has 0 aliphatic heterocycles. The van der Waals surface area contributed by atoms with Gasteiger partial charge in [0.05, 0.1) is 22.9 Å². The summed E-state index contributed by atoms with van der Waals surface area (Å²) in [4.78, 5) is 33.9. The van der Waals surface area contributed by atoms with Crippen molar-refractivity contribution in [2.45, 2.75) is 65.5 Å². The van der Waals surface area contributed by atoms with Crippen molar-refractivity contribution in [1.82, 2.24) is 14.5 Å². The average Bonchev–Trinajstić information content (AvgIpc) is 2.80. The Morgan fingerprint density at radius 1 is 1.06 bits per heavy atom. The summed E-state index contributed by atoms with van der Waals surface area (Å²) < 4.78 is 1.70. The van der Waals surface area contributed by atoms with E-state index in [4.69, 9.17) is 16.6 Å². The number of carbonyl (C=O) groups is 1. The molecule has 1 amide bonds. The third kappa shape index (κ3) is 4.73. The maximum Gasteiger partial charge on any atom is 0.261 e. The number of fused-ring (bicyclic) bond motifs is 1. The van der Waals surface area contributed by atoms with Gasteiger partial charge in [0.2, 0.25) is 5.91 Å². The van der Waals surface area contributed by atoms with E-state index in [9.17, 15) is 9.59 Å². The minimum Gasteiger partial charge on any atom is -0.332 e. The summed E-state index contributed by atoms with van der Waals surface area (Å²) in [6.45, 7) is 9.17. The highest BCUT2D eigenvalue weighted by atomic mass is 35.5. The van der Waals surface area contributed by atoms with Crippen molar-refractivity contribution in [1.29, 1.82) is 0 Å². The van der Waals surface area contributed by atoms with Gasteiger partial charge in [0, 0.05) is 18.1 Å². The fourth-order valence-corrected chi connectivity index (χ4v) is 4.58. The molecule has 0 saturated carbocycles. The maximum atomic E-state index is 13.8. The molecule has 2 atom stereocenters. The molecule has 1 heterocycles. The second-order valence-electron chi connectivity index (χ2n) is 8.01. The molecular weight excluding hydrogens is 422 g/mol. The second kappa shape index (κ2) is 10.8. The first-order chi connectivity index (χ1) is 15.5. The van der Waals surface area contributed by atoms with Crippen LogP contribution in [0.4, 0.5) is 0 Å². The summed E-state index contributed by atoms with van der Waals surface area (Å²) in [6.07, 6.45) is 2.19. The Hall–Kier alpha value is -2.66. The number of nitrogens with zero attached hydrogens (tertiary/aromatic N) is 3. The van der Waals surface area contributed by atoms with Crippen LogP contribution in [0, 0.1) is 0 Å². The minimum absolute atomic E-state index is 0.0792. The van der Waals surface area contributed by atoms with Crippen LogP contribution in [-0.4, -0.2) is 26.9 Å². The fraction of sp³-hybridized carbons (Fsp3) is 0.423. The van der Waals surface area contributed by atoms with E-state index in [2.05, 4.69) is 6.92 Å². The lowest BCUT2D eigenvalue weighted by Gasteiger charge is -2.34. The molecule has 3 rings (SSSR count). The molecule has 3 aromatic rings. The van der Waals surface area contributed by atoms with Crippen LogP contribution in [0.25, 0.3) is 10.9 Å². The quantitative estimate of drug-likeness (QED) is 0.402. The number of hydrogen-bond acceptors (Lipinski definition) is 3. The molecule has 0 aliphatic carbocycles. The third-order valence-electron chi connectivity index (χ3n) is 5.98. The van der Waals surface area contributed by atoms with Crippen molar-refractivity contribution < 1.29 is 4.79 Å². The van der Waals surface area contributed by atoms with Gasteiger partial charge < -0.3 is 4.90 Å². The van der Waals surface area contributed by atoms with Crippen molar-refractivity contribution >= 4 is 28.4 Å². The van der Waals surface area contributed by atoms with Gasteiger partial charge in [-0.2, -0.15) is 0 Å². The normalized spacial score (nSPS) is 13.2. The summed E-state index contributed by atoms with van der Waals surface area (Å²) in [5.74, 6) is 0.475. The van der Waals surface area contributed by atoms with Gasteiger partial charge in [-0.3, -0.25) is 14.2 Å². The van der Waals surface area contributed by atoms with Gasteiger partial charge in [-0.05, 0) is 49.9 Å². The van der Waals surface area contributed by atoms with Crippen LogP contribution in [0.3, 0.4) is 0 Å². The lowest BCUT2D eigenvalue weighted by molar-refractivity contribution is -0.136. The Labute approximate surface area is 195 Å². The smallest absolute Gasteiger partial charge is 0.261 e. The van der Waals surface area contributed by atoms with Crippen LogP contribution in [0.1, 0.15) is 70.3 Å². The van der Waals surface area contributed by atoms with E-state index in [-0.39, 0.29) is 23.4 Å². The predicted molar refractivity (Wildman–Crippen MR) is 131 cm³/mol. The van der Waals surface area contributed by atoms with Crippen molar-refractivity contribution in [3.05, 3.63) is 75.3 Å². The highest BCUT2D eigenvalue weighted by Gasteiger charge is 2.32. The standard InChI is InChI=1S/C26H32ClN3O2/c1-5-16-30(25(31)20(6-2)18-12-10-9-11-13-18)23(7-3)24-28-22-17-19(27)14-15-21(22)26(32)29(24)8-4/h9-15,17,20,23H,5-8,16H2,1-4H3. The van der Waals surface area contributed by atoms with Gasteiger partial charge in [0.25, 0.3) is 5.56 Å². The number of hydrogen-bond donors (Lipinski definition) is 0. The molecule has 0 spiro atoms. The van der Waals surface area contributed by atoms with Crippen molar-refractivity contribution in [3.63, 3.8) is 0 Å². The van der Waals surface area contributed by atoms with E-state index in [1.165, 1.54) is 0 Å². The van der Waals surface area contributed by atoms with Crippen LogP contribution in [-0.2, 0) is 11.3 Å². The molecule has 2 unspecified atom stereocenters. The van der Waals surface area contributed by atoms with Crippen LogP contribution < -0.4 is 5.56 Å². The number of aromatic nitrogens is 2. The largest absolute Gasteiger partial charge is 0.332 e. The number of carbonyl (C=O) groups excluding carboxylic acids is 1. The third-order valence-corrected chi connectivity index (χ3v) is 6.22.